The number of amides is 3. The third kappa shape index (κ3) is 13.2. The zero-order valence-electron chi connectivity index (χ0n) is 30.8. The van der Waals surface area contributed by atoms with Gasteiger partial charge in [0.15, 0.2) is 0 Å². The molecule has 53 heavy (non-hydrogen) atoms. The summed E-state index contributed by atoms with van der Waals surface area (Å²) in [7, 11) is 3.34. The molecule has 1 saturated heterocycles. The largest absolute Gasteiger partial charge is 0.416 e. The van der Waals surface area contributed by atoms with Gasteiger partial charge in [-0.25, -0.2) is 0 Å². The van der Waals surface area contributed by atoms with Crippen LogP contribution in [-0.2, 0) is 27.0 Å². The second-order valence-corrected chi connectivity index (χ2v) is 12.6. The highest BCUT2D eigenvalue weighted by Crippen LogP contribution is 2.32. The van der Waals surface area contributed by atoms with E-state index < -0.39 is 11.7 Å². The number of hydrogen-bond donors (Lipinski definition) is 3. The fourth-order valence-electron chi connectivity index (χ4n) is 5.59. The minimum Gasteiger partial charge on any atom is -0.390 e. The van der Waals surface area contributed by atoms with Gasteiger partial charge in [0.1, 0.15) is 5.70 Å². The van der Waals surface area contributed by atoms with Gasteiger partial charge in [-0.3, -0.25) is 19.4 Å². The van der Waals surface area contributed by atoms with Crippen LogP contribution in [0.15, 0.2) is 82.3 Å². The van der Waals surface area contributed by atoms with E-state index in [4.69, 9.17) is 21.1 Å². The Bertz CT molecular complexity index is 1640. The highest BCUT2D eigenvalue weighted by Gasteiger charge is 2.32. The van der Waals surface area contributed by atoms with Gasteiger partial charge in [-0.05, 0) is 61.9 Å². The third-order valence-electron chi connectivity index (χ3n) is 8.27. The van der Waals surface area contributed by atoms with Crippen LogP contribution in [0.4, 0.5) is 18.9 Å². The van der Waals surface area contributed by atoms with Gasteiger partial charge in [0.25, 0.3) is 11.8 Å². The zero-order chi connectivity index (χ0) is 39.6. The summed E-state index contributed by atoms with van der Waals surface area (Å²) in [6.07, 6.45) is 3.20. The third-order valence-corrected chi connectivity index (χ3v) is 9.04. The van der Waals surface area contributed by atoms with E-state index in [0.29, 0.717) is 56.0 Å². The number of piperazine rings is 1. The first-order valence-electron chi connectivity index (χ1n) is 16.8. The summed E-state index contributed by atoms with van der Waals surface area (Å²) >= 11 is 7.55. The minimum absolute atomic E-state index is 0.0394. The standard InChI is InChI=1S/C27H33ClF3N5O2S.C9H13NO.CH3NO/c1-5-22(32-2)24(26(38)34(3)17-18-10-11-19(16-21(18)28)27(29,30)31)35-12-14-36(15-13-35)25(37)20-8-6-7-9-23(20)33-39-4;1-3-9(10-2)8-4-6-11-7-5-8;2-1-3/h6-11,16,32-33H,5,12-15,17H2,1-4H3;3-4H,2,5-7H2,1H3;1H,(H2,2,3)/b24-22+;;. The normalized spacial score (nSPS) is 15.0. The lowest BCUT2D eigenvalue weighted by molar-refractivity contribution is -0.137. The van der Waals surface area contributed by atoms with Gasteiger partial charge in [0.2, 0.25) is 6.41 Å². The minimum atomic E-state index is -4.50. The number of alkyl halides is 3. The van der Waals surface area contributed by atoms with Crippen LogP contribution in [0.1, 0.15) is 48.2 Å². The quantitative estimate of drug-likeness (QED) is 0.104. The van der Waals surface area contributed by atoms with Gasteiger partial charge >= 0.3 is 6.18 Å². The number of likely N-dealkylation sites (N-methyl/N-ethyl adjacent to an activating group) is 1. The number of carbonyl (C=O) groups is 3. The van der Waals surface area contributed by atoms with Crippen molar-refractivity contribution in [2.24, 2.45) is 10.7 Å². The van der Waals surface area contributed by atoms with E-state index in [1.165, 1.54) is 28.5 Å². The van der Waals surface area contributed by atoms with E-state index in [1.54, 1.807) is 25.1 Å². The van der Waals surface area contributed by atoms with Crippen LogP contribution in [0.25, 0.3) is 0 Å². The molecule has 0 bridgehead atoms. The average molecular weight is 780 g/mol. The summed E-state index contributed by atoms with van der Waals surface area (Å²) in [6, 6.07) is 10.5. The number of nitrogens with zero attached hydrogens (tertiary/aromatic N) is 4. The first-order valence-corrected chi connectivity index (χ1v) is 18.4. The number of allylic oxidation sites excluding steroid dienone is 3. The Morgan fingerprint density at radius 1 is 1.15 bits per heavy atom. The fraction of sp³-hybridized carbons (Fsp3) is 0.405. The molecule has 3 amide bonds. The molecule has 0 saturated carbocycles. The Balaban J connectivity index is 0.000000581. The topological polar surface area (TPSA) is 133 Å². The summed E-state index contributed by atoms with van der Waals surface area (Å²) in [5.74, 6) is -0.367. The van der Waals surface area contributed by atoms with Crippen LogP contribution in [0.3, 0.4) is 0 Å². The molecule has 0 aromatic heterocycles. The maximum absolute atomic E-state index is 13.7. The molecule has 4 N–H and O–H groups in total. The predicted octanol–water partition coefficient (Wildman–Crippen LogP) is 6.35. The predicted molar refractivity (Wildman–Crippen MR) is 207 cm³/mol. The van der Waals surface area contributed by atoms with Gasteiger partial charge < -0.3 is 35.2 Å². The highest BCUT2D eigenvalue weighted by molar-refractivity contribution is 7.99. The molecular formula is C37H49ClF3N7O4S. The van der Waals surface area contributed by atoms with Gasteiger partial charge in [-0.15, -0.1) is 0 Å². The van der Waals surface area contributed by atoms with Crippen LogP contribution >= 0.6 is 23.5 Å². The molecule has 0 radical (unpaired) electrons. The highest BCUT2D eigenvalue weighted by atomic mass is 35.5. The van der Waals surface area contributed by atoms with Crippen molar-refractivity contribution in [1.29, 1.82) is 0 Å². The molecule has 0 unspecified atom stereocenters. The number of nitrogens with two attached hydrogens (primary N) is 1. The maximum Gasteiger partial charge on any atom is 0.416 e. The summed E-state index contributed by atoms with van der Waals surface area (Å²) < 4.78 is 47.4. The summed E-state index contributed by atoms with van der Waals surface area (Å²) in [5.41, 5.74) is 8.54. The fourth-order valence-corrected chi connectivity index (χ4v) is 6.23. The number of benzene rings is 2. The number of aliphatic imine (C=N–C) groups is 1. The molecule has 0 atom stereocenters. The SMILES string of the molecule is C=NC(=CC)C1=CCOCC1.CC/C(NC)=C(/C(=O)N(C)Cc1ccc(C(F)(F)F)cc1Cl)N1CCN(C(=O)c2ccccc2NSC)CC1.NC=O. The van der Waals surface area contributed by atoms with Crippen molar-refractivity contribution in [2.45, 2.75) is 39.4 Å². The van der Waals surface area contributed by atoms with Crippen molar-refractivity contribution in [3.05, 3.63) is 99.0 Å². The Labute approximate surface area is 319 Å². The number of nitrogens with one attached hydrogen (secondary N) is 2. The van der Waals surface area contributed by atoms with Crippen molar-refractivity contribution in [3.8, 4) is 0 Å². The number of rotatable bonds is 11. The van der Waals surface area contributed by atoms with Crippen LogP contribution < -0.4 is 15.8 Å². The van der Waals surface area contributed by atoms with E-state index in [9.17, 15) is 22.8 Å². The molecule has 2 heterocycles. The summed E-state index contributed by atoms with van der Waals surface area (Å²) in [5, 5.41) is 3.06. The van der Waals surface area contributed by atoms with E-state index >= 15 is 0 Å². The Morgan fingerprint density at radius 3 is 2.30 bits per heavy atom. The number of halogens is 4. The molecule has 11 nitrogen and oxygen atoms in total. The van der Waals surface area contributed by atoms with Crippen molar-refractivity contribution in [2.75, 3.05) is 64.5 Å². The van der Waals surface area contributed by atoms with Crippen molar-refractivity contribution < 1.29 is 32.3 Å². The molecule has 0 spiro atoms. The van der Waals surface area contributed by atoms with Crippen molar-refractivity contribution >= 4 is 54.2 Å². The van der Waals surface area contributed by atoms with Gasteiger partial charge in [-0.2, -0.15) is 13.2 Å². The zero-order valence-corrected chi connectivity index (χ0v) is 32.3. The lowest BCUT2D eigenvalue weighted by Crippen LogP contribution is -2.51. The van der Waals surface area contributed by atoms with Gasteiger partial charge in [0, 0.05) is 63.8 Å². The monoisotopic (exact) mass is 779 g/mol. The van der Waals surface area contributed by atoms with Crippen molar-refractivity contribution in [1.82, 2.24) is 20.0 Å². The number of ether oxygens (including phenoxy) is 1. The number of anilines is 1. The smallest absolute Gasteiger partial charge is 0.390 e. The number of primary amides is 1. The Morgan fingerprint density at radius 2 is 1.79 bits per heavy atom. The Kier molecular flexibility index (Phi) is 19.0. The first kappa shape index (κ1) is 44.7. The lowest BCUT2D eigenvalue weighted by Gasteiger charge is -2.38. The second kappa shape index (κ2) is 22.6. The van der Waals surface area contributed by atoms with Crippen LogP contribution in [0.2, 0.25) is 5.02 Å². The molecule has 2 aromatic carbocycles. The van der Waals surface area contributed by atoms with Crippen LogP contribution in [-0.4, -0.2) is 99.4 Å². The van der Waals surface area contributed by atoms with Crippen molar-refractivity contribution in [3.63, 3.8) is 0 Å². The van der Waals surface area contributed by atoms with E-state index in [0.717, 1.165) is 42.2 Å². The molecule has 0 aliphatic carbocycles. The first-order chi connectivity index (χ1) is 25.3. The van der Waals surface area contributed by atoms with Gasteiger partial charge in [0.05, 0.1) is 35.7 Å². The molecule has 2 aliphatic heterocycles. The molecule has 16 heteroatoms. The second-order valence-electron chi connectivity index (χ2n) is 11.5. The average Bonchev–Trinajstić information content (AvgIpc) is 3.15. The number of hydrogen-bond acceptors (Lipinski definition) is 9. The molecular weight excluding hydrogens is 731 g/mol. The number of carbonyl (C=O) groups excluding carboxylic acids is 3. The van der Waals surface area contributed by atoms with Crippen LogP contribution in [0.5, 0.6) is 0 Å². The Hall–Kier alpha value is -4.47. The van der Waals surface area contributed by atoms with E-state index in [1.807, 2.05) is 49.3 Å². The number of para-hydroxylation sites is 1. The summed E-state index contributed by atoms with van der Waals surface area (Å²) in [4.78, 5) is 44.6. The molecule has 4 rings (SSSR count). The molecule has 1 fully saturated rings. The van der Waals surface area contributed by atoms with Crippen LogP contribution in [0, 0.1) is 0 Å². The maximum atomic E-state index is 13.7. The lowest BCUT2D eigenvalue weighted by atomic mass is 10.1. The summed E-state index contributed by atoms with van der Waals surface area (Å²) in [6.45, 7) is 10.7. The van der Waals surface area contributed by atoms with E-state index in [-0.39, 0.29) is 29.8 Å². The molecule has 2 aliphatic rings. The molecule has 2 aromatic rings. The molecule has 290 valence electrons. The van der Waals surface area contributed by atoms with Gasteiger partial charge in [-0.1, -0.05) is 60.8 Å². The van der Waals surface area contributed by atoms with E-state index in [2.05, 4.69) is 33.6 Å².